The molecule has 0 bridgehead atoms. The van der Waals surface area contributed by atoms with Crippen LogP contribution in [-0.2, 0) is 11.3 Å². The van der Waals surface area contributed by atoms with E-state index in [0.29, 0.717) is 18.2 Å². The lowest BCUT2D eigenvalue weighted by Crippen LogP contribution is -2.40. The Morgan fingerprint density at radius 1 is 1.16 bits per heavy atom. The van der Waals surface area contributed by atoms with Crippen molar-refractivity contribution in [1.29, 1.82) is 0 Å². The first-order chi connectivity index (χ1) is 14.7. The molecule has 1 fully saturated rings. The molecule has 0 saturated carbocycles. The first-order valence-electron chi connectivity index (χ1n) is 10.4. The average Bonchev–Trinajstić information content (AvgIpc) is 2.78. The third-order valence-corrected chi connectivity index (χ3v) is 4.64. The van der Waals surface area contributed by atoms with Gasteiger partial charge in [0.05, 0.1) is 19.8 Å². The molecule has 7 nitrogen and oxygen atoms in total. The van der Waals surface area contributed by atoms with Crippen LogP contribution in [0.3, 0.4) is 0 Å². The van der Waals surface area contributed by atoms with Gasteiger partial charge in [-0.3, -0.25) is 4.90 Å². The summed E-state index contributed by atoms with van der Waals surface area (Å²) in [6, 6.07) is 9.57. The predicted molar refractivity (Wildman–Crippen MR) is 131 cm³/mol. The van der Waals surface area contributed by atoms with Gasteiger partial charge in [0, 0.05) is 38.4 Å². The van der Waals surface area contributed by atoms with Gasteiger partial charge in [-0.05, 0) is 49.7 Å². The Balaban J connectivity index is 0.00000341. The molecule has 1 aliphatic rings. The van der Waals surface area contributed by atoms with Crippen molar-refractivity contribution in [3.05, 3.63) is 54.0 Å². The summed E-state index contributed by atoms with van der Waals surface area (Å²) in [7, 11) is 0. The van der Waals surface area contributed by atoms with Gasteiger partial charge in [0.15, 0.2) is 5.96 Å². The van der Waals surface area contributed by atoms with Crippen LogP contribution in [0.2, 0.25) is 0 Å². The second-order valence-corrected chi connectivity index (χ2v) is 6.99. The van der Waals surface area contributed by atoms with Crippen LogP contribution in [0.15, 0.2) is 47.6 Å². The largest absolute Gasteiger partial charge is 0.439 e. The lowest BCUT2D eigenvalue weighted by Gasteiger charge is -2.26. The number of pyridine rings is 1. The molecule has 0 unspecified atom stereocenters. The molecule has 0 amide bonds. The SMILES string of the molecule is CCNC(=NCc1ccc(Oc2ccc(F)cc2)nc1)NCCCN1CCOCC1.I. The maximum absolute atomic E-state index is 13.0. The Bertz CT molecular complexity index is 783. The third kappa shape index (κ3) is 9.36. The van der Waals surface area contributed by atoms with Gasteiger partial charge < -0.3 is 20.1 Å². The minimum Gasteiger partial charge on any atom is -0.439 e. The van der Waals surface area contributed by atoms with E-state index in [1.54, 1.807) is 24.4 Å². The van der Waals surface area contributed by atoms with Crippen LogP contribution in [-0.4, -0.2) is 61.8 Å². The molecule has 2 heterocycles. The van der Waals surface area contributed by atoms with Gasteiger partial charge in [-0.1, -0.05) is 6.07 Å². The number of halogens is 2. The van der Waals surface area contributed by atoms with E-state index in [0.717, 1.165) is 63.9 Å². The zero-order chi connectivity index (χ0) is 21.0. The number of aromatic nitrogens is 1. The van der Waals surface area contributed by atoms with Crippen molar-refractivity contribution in [2.45, 2.75) is 19.9 Å². The van der Waals surface area contributed by atoms with Gasteiger partial charge in [0.25, 0.3) is 0 Å². The number of nitrogens with one attached hydrogen (secondary N) is 2. The molecule has 2 N–H and O–H groups in total. The van der Waals surface area contributed by atoms with Crippen molar-refractivity contribution in [2.75, 3.05) is 45.9 Å². The number of ether oxygens (including phenoxy) is 2. The van der Waals surface area contributed by atoms with Crippen LogP contribution in [0, 0.1) is 5.82 Å². The van der Waals surface area contributed by atoms with E-state index in [4.69, 9.17) is 9.47 Å². The molecule has 3 rings (SSSR count). The normalized spacial score (nSPS) is 14.6. The van der Waals surface area contributed by atoms with Crippen molar-refractivity contribution < 1.29 is 13.9 Å². The number of guanidine groups is 1. The molecular weight excluding hydrogens is 512 g/mol. The monoisotopic (exact) mass is 543 g/mol. The summed E-state index contributed by atoms with van der Waals surface area (Å²) in [5, 5.41) is 6.65. The molecule has 1 aliphatic heterocycles. The van der Waals surface area contributed by atoms with Crippen LogP contribution in [0.5, 0.6) is 11.6 Å². The summed E-state index contributed by atoms with van der Waals surface area (Å²) >= 11 is 0. The molecule has 170 valence electrons. The van der Waals surface area contributed by atoms with Crippen LogP contribution >= 0.6 is 24.0 Å². The Morgan fingerprint density at radius 2 is 1.94 bits per heavy atom. The standard InChI is InChI=1S/C22H30FN5O2.HI/c1-2-24-22(25-10-3-11-28-12-14-29-15-13-28)27-17-18-4-9-21(26-16-18)30-20-7-5-19(23)6-8-20;/h4-9,16H,2-3,10-15,17H2,1H3,(H2,24,25,27);1H. The van der Waals surface area contributed by atoms with E-state index in [1.807, 2.05) is 13.0 Å². The van der Waals surface area contributed by atoms with Crippen LogP contribution in [0.4, 0.5) is 4.39 Å². The molecule has 9 heteroatoms. The van der Waals surface area contributed by atoms with Gasteiger partial charge in [-0.2, -0.15) is 0 Å². The summed E-state index contributed by atoms with van der Waals surface area (Å²) in [6.07, 6.45) is 2.80. The summed E-state index contributed by atoms with van der Waals surface area (Å²) < 4.78 is 24.0. The minimum absolute atomic E-state index is 0. The summed E-state index contributed by atoms with van der Waals surface area (Å²) in [4.78, 5) is 11.4. The second kappa shape index (κ2) is 14.2. The Labute approximate surface area is 200 Å². The van der Waals surface area contributed by atoms with Gasteiger partial charge in [0.2, 0.25) is 5.88 Å². The van der Waals surface area contributed by atoms with E-state index >= 15 is 0 Å². The van der Waals surface area contributed by atoms with Crippen molar-refractivity contribution in [1.82, 2.24) is 20.5 Å². The summed E-state index contributed by atoms with van der Waals surface area (Å²) in [5.74, 6) is 1.51. The number of aliphatic imine (C=N–C) groups is 1. The fraction of sp³-hybridized carbons (Fsp3) is 0.455. The fourth-order valence-electron chi connectivity index (χ4n) is 3.03. The highest BCUT2D eigenvalue weighted by Crippen LogP contribution is 2.19. The molecule has 1 aromatic carbocycles. The van der Waals surface area contributed by atoms with Gasteiger partial charge in [-0.25, -0.2) is 14.4 Å². The molecule has 0 aliphatic carbocycles. The molecule has 31 heavy (non-hydrogen) atoms. The molecule has 0 radical (unpaired) electrons. The quantitative estimate of drug-likeness (QED) is 0.219. The second-order valence-electron chi connectivity index (χ2n) is 6.99. The topological polar surface area (TPSA) is 71.0 Å². The Hall–Kier alpha value is -1.98. The lowest BCUT2D eigenvalue weighted by molar-refractivity contribution is 0.0376. The number of morpholine rings is 1. The van der Waals surface area contributed by atoms with E-state index in [9.17, 15) is 4.39 Å². The van der Waals surface area contributed by atoms with E-state index < -0.39 is 0 Å². The fourth-order valence-corrected chi connectivity index (χ4v) is 3.03. The Morgan fingerprint density at radius 3 is 2.61 bits per heavy atom. The number of benzene rings is 1. The highest BCUT2D eigenvalue weighted by molar-refractivity contribution is 14.0. The van der Waals surface area contributed by atoms with E-state index in [2.05, 4.69) is 25.5 Å². The van der Waals surface area contributed by atoms with E-state index in [-0.39, 0.29) is 29.8 Å². The summed E-state index contributed by atoms with van der Waals surface area (Å²) in [5.41, 5.74) is 0.979. The minimum atomic E-state index is -0.297. The highest BCUT2D eigenvalue weighted by atomic mass is 127. The number of nitrogens with zero attached hydrogens (tertiary/aromatic N) is 3. The number of hydrogen-bond acceptors (Lipinski definition) is 5. The predicted octanol–water partition coefficient (Wildman–Crippen LogP) is 3.41. The molecular formula is C22H31FIN5O2. The van der Waals surface area contributed by atoms with Crippen LogP contribution in [0.1, 0.15) is 18.9 Å². The molecule has 1 aromatic heterocycles. The lowest BCUT2D eigenvalue weighted by atomic mass is 10.3. The van der Waals surface area contributed by atoms with Crippen molar-refractivity contribution in [3.63, 3.8) is 0 Å². The smallest absolute Gasteiger partial charge is 0.219 e. The molecule has 0 spiro atoms. The Kier molecular flexibility index (Phi) is 11.5. The van der Waals surface area contributed by atoms with Gasteiger partial charge >= 0.3 is 0 Å². The third-order valence-electron chi connectivity index (χ3n) is 4.64. The van der Waals surface area contributed by atoms with E-state index in [1.165, 1.54) is 12.1 Å². The summed E-state index contributed by atoms with van der Waals surface area (Å²) in [6.45, 7) is 9.00. The molecule has 1 saturated heterocycles. The van der Waals surface area contributed by atoms with Gasteiger partial charge in [-0.15, -0.1) is 24.0 Å². The van der Waals surface area contributed by atoms with Gasteiger partial charge in [0.1, 0.15) is 11.6 Å². The number of rotatable bonds is 9. The highest BCUT2D eigenvalue weighted by Gasteiger charge is 2.09. The first-order valence-corrected chi connectivity index (χ1v) is 10.4. The van der Waals surface area contributed by atoms with Crippen LogP contribution in [0.25, 0.3) is 0 Å². The average molecular weight is 543 g/mol. The molecule has 2 aromatic rings. The zero-order valence-electron chi connectivity index (χ0n) is 17.8. The van der Waals surface area contributed by atoms with Crippen molar-refractivity contribution in [2.24, 2.45) is 4.99 Å². The number of hydrogen-bond donors (Lipinski definition) is 2. The maximum atomic E-state index is 13.0. The first kappa shape index (κ1) is 25.3. The van der Waals surface area contributed by atoms with Crippen molar-refractivity contribution >= 4 is 29.9 Å². The van der Waals surface area contributed by atoms with Crippen molar-refractivity contribution in [3.8, 4) is 11.6 Å². The van der Waals surface area contributed by atoms with Crippen LogP contribution < -0.4 is 15.4 Å². The molecule has 0 atom stereocenters. The zero-order valence-corrected chi connectivity index (χ0v) is 20.2. The maximum Gasteiger partial charge on any atom is 0.219 e.